The van der Waals surface area contributed by atoms with Gasteiger partial charge in [-0.2, -0.15) is 0 Å². The first-order valence-electron chi connectivity index (χ1n) is 26.9. The second-order valence-corrected chi connectivity index (χ2v) is 18.3. The number of amides is 1. The van der Waals surface area contributed by atoms with Crippen LogP contribution in [-0.2, 0) is 4.79 Å². The summed E-state index contributed by atoms with van der Waals surface area (Å²) in [7, 11) is 0. The van der Waals surface area contributed by atoms with Crippen molar-refractivity contribution in [3.05, 3.63) is 48.6 Å². The van der Waals surface area contributed by atoms with E-state index in [2.05, 4.69) is 55.6 Å². The van der Waals surface area contributed by atoms with E-state index in [-0.39, 0.29) is 12.5 Å². The van der Waals surface area contributed by atoms with Crippen LogP contribution in [0.3, 0.4) is 0 Å². The van der Waals surface area contributed by atoms with Crippen LogP contribution in [0.15, 0.2) is 48.6 Å². The molecular weight excluding hydrogens is 735 g/mol. The van der Waals surface area contributed by atoms with Crippen LogP contribution in [0.5, 0.6) is 0 Å². The van der Waals surface area contributed by atoms with Gasteiger partial charge < -0.3 is 15.5 Å². The Morgan fingerprint density at radius 2 is 0.650 bits per heavy atom. The highest BCUT2D eigenvalue weighted by atomic mass is 16.3. The molecule has 0 radical (unpaired) electrons. The number of hydrogen-bond donors (Lipinski definition) is 3. The molecule has 2 atom stereocenters. The van der Waals surface area contributed by atoms with Crippen molar-refractivity contribution in [2.75, 3.05) is 6.61 Å². The highest BCUT2D eigenvalue weighted by Gasteiger charge is 2.17. The molecule has 0 aliphatic heterocycles. The number of nitrogens with one attached hydrogen (secondary N) is 1. The van der Waals surface area contributed by atoms with Gasteiger partial charge in [-0.1, -0.05) is 255 Å². The van der Waals surface area contributed by atoms with E-state index in [0.717, 1.165) is 38.5 Å². The molecule has 0 fully saturated rings. The molecule has 60 heavy (non-hydrogen) atoms. The Morgan fingerprint density at radius 3 is 0.967 bits per heavy atom. The molecule has 0 aliphatic rings. The van der Waals surface area contributed by atoms with Crippen LogP contribution in [-0.4, -0.2) is 34.9 Å². The summed E-state index contributed by atoms with van der Waals surface area (Å²) in [6.07, 6.45) is 71.3. The average molecular weight is 840 g/mol. The van der Waals surface area contributed by atoms with Gasteiger partial charge in [0, 0.05) is 6.42 Å². The van der Waals surface area contributed by atoms with E-state index in [1.807, 2.05) is 6.08 Å². The standard InChI is InChI=1S/C56H105NO3/c1-3-5-7-9-11-13-15-17-19-20-21-22-23-24-25-26-27-28-29-30-31-32-33-34-35-36-38-40-42-44-46-48-50-52-56(60)57-54(53-58)55(59)51-49-47-45-43-41-39-37-18-16-14-12-10-8-6-4-2/h16,18,20-21,41,43,49,51,54-55,58-59H,3-15,17,19,22-40,42,44-48,50,52-53H2,1-2H3,(H,57,60)/b18-16+,21-20-,43-41+,51-49+. The van der Waals surface area contributed by atoms with Gasteiger partial charge in [0.25, 0.3) is 0 Å². The Bertz CT molecular complexity index is 954. The Hall–Kier alpha value is -1.65. The largest absolute Gasteiger partial charge is 0.394 e. The third kappa shape index (κ3) is 47.4. The Balaban J connectivity index is 3.46. The first-order valence-corrected chi connectivity index (χ1v) is 26.9. The molecule has 0 spiro atoms. The van der Waals surface area contributed by atoms with E-state index in [4.69, 9.17) is 0 Å². The van der Waals surface area contributed by atoms with Gasteiger partial charge in [-0.15, -0.1) is 0 Å². The lowest BCUT2D eigenvalue weighted by molar-refractivity contribution is -0.123. The van der Waals surface area contributed by atoms with Crippen molar-refractivity contribution in [1.82, 2.24) is 5.32 Å². The van der Waals surface area contributed by atoms with E-state index < -0.39 is 12.1 Å². The van der Waals surface area contributed by atoms with Crippen molar-refractivity contribution in [2.45, 2.75) is 296 Å². The highest BCUT2D eigenvalue weighted by Crippen LogP contribution is 2.16. The van der Waals surface area contributed by atoms with Crippen molar-refractivity contribution >= 4 is 5.91 Å². The SMILES string of the molecule is CCCCCCC/C=C/CC/C=C/CC/C=C/C(O)C(CO)NC(=O)CCCCCCCCCCCCCCCCCCCCCCC/C=C\CCCCCCCCCC. The van der Waals surface area contributed by atoms with Gasteiger partial charge in [-0.05, 0) is 70.6 Å². The number of carbonyl (C=O) groups is 1. The first-order chi connectivity index (χ1) is 29.7. The average Bonchev–Trinajstić information content (AvgIpc) is 3.25. The molecule has 0 saturated carbocycles. The van der Waals surface area contributed by atoms with Gasteiger partial charge in [0.15, 0.2) is 0 Å². The summed E-state index contributed by atoms with van der Waals surface area (Å²) in [6, 6.07) is -0.644. The van der Waals surface area contributed by atoms with E-state index in [1.54, 1.807) is 6.08 Å². The lowest BCUT2D eigenvalue weighted by Gasteiger charge is -2.19. The van der Waals surface area contributed by atoms with Crippen LogP contribution in [0.25, 0.3) is 0 Å². The fourth-order valence-electron chi connectivity index (χ4n) is 8.15. The zero-order chi connectivity index (χ0) is 43.5. The Labute approximate surface area is 375 Å². The minimum absolute atomic E-state index is 0.0750. The number of aliphatic hydroxyl groups is 2. The molecule has 4 nitrogen and oxygen atoms in total. The topological polar surface area (TPSA) is 69.6 Å². The molecule has 0 aromatic rings. The summed E-state index contributed by atoms with van der Waals surface area (Å²) in [6.45, 7) is 4.29. The van der Waals surface area contributed by atoms with Gasteiger partial charge in [0.2, 0.25) is 5.91 Å². The van der Waals surface area contributed by atoms with Crippen LogP contribution in [0.1, 0.15) is 284 Å². The number of unbranched alkanes of at least 4 members (excludes halogenated alkanes) is 36. The molecule has 0 saturated heterocycles. The summed E-state index contributed by atoms with van der Waals surface area (Å²) >= 11 is 0. The monoisotopic (exact) mass is 840 g/mol. The summed E-state index contributed by atoms with van der Waals surface area (Å²) in [5.41, 5.74) is 0. The van der Waals surface area contributed by atoms with E-state index in [9.17, 15) is 15.0 Å². The first kappa shape index (κ1) is 58.4. The highest BCUT2D eigenvalue weighted by molar-refractivity contribution is 5.76. The zero-order valence-electron chi connectivity index (χ0n) is 40.5. The quantitative estimate of drug-likeness (QED) is 0.0422. The maximum absolute atomic E-state index is 12.4. The maximum Gasteiger partial charge on any atom is 0.220 e. The third-order valence-corrected chi connectivity index (χ3v) is 12.3. The van der Waals surface area contributed by atoms with E-state index in [1.165, 1.54) is 225 Å². The summed E-state index contributed by atoms with van der Waals surface area (Å²) in [5, 5.41) is 23.0. The molecule has 0 bridgehead atoms. The molecule has 2 unspecified atom stereocenters. The summed E-state index contributed by atoms with van der Waals surface area (Å²) < 4.78 is 0. The van der Waals surface area contributed by atoms with Crippen molar-refractivity contribution in [3.63, 3.8) is 0 Å². The van der Waals surface area contributed by atoms with Crippen molar-refractivity contribution in [3.8, 4) is 0 Å². The smallest absolute Gasteiger partial charge is 0.220 e. The second kappa shape index (κ2) is 51.7. The number of rotatable bonds is 49. The van der Waals surface area contributed by atoms with Crippen LogP contribution >= 0.6 is 0 Å². The minimum atomic E-state index is -0.869. The van der Waals surface area contributed by atoms with E-state index in [0.29, 0.717) is 6.42 Å². The van der Waals surface area contributed by atoms with Gasteiger partial charge >= 0.3 is 0 Å². The van der Waals surface area contributed by atoms with Gasteiger partial charge in [-0.3, -0.25) is 4.79 Å². The number of hydrogen-bond acceptors (Lipinski definition) is 3. The zero-order valence-corrected chi connectivity index (χ0v) is 40.5. The number of allylic oxidation sites excluding steroid dienone is 7. The van der Waals surface area contributed by atoms with E-state index >= 15 is 0 Å². The van der Waals surface area contributed by atoms with Crippen molar-refractivity contribution in [1.29, 1.82) is 0 Å². The number of carbonyl (C=O) groups excluding carboxylic acids is 1. The molecule has 1 amide bonds. The second-order valence-electron chi connectivity index (χ2n) is 18.3. The molecule has 0 aromatic heterocycles. The van der Waals surface area contributed by atoms with Crippen LogP contribution in [0, 0.1) is 0 Å². The predicted molar refractivity (Wildman–Crippen MR) is 267 cm³/mol. The molecule has 0 rings (SSSR count). The predicted octanol–water partition coefficient (Wildman–Crippen LogP) is 17.5. The van der Waals surface area contributed by atoms with Crippen molar-refractivity contribution < 1.29 is 15.0 Å². The Kier molecular flexibility index (Phi) is 50.3. The van der Waals surface area contributed by atoms with Crippen LogP contribution in [0.2, 0.25) is 0 Å². The van der Waals surface area contributed by atoms with Gasteiger partial charge in [0.1, 0.15) is 0 Å². The normalized spacial score (nSPS) is 13.2. The molecule has 352 valence electrons. The lowest BCUT2D eigenvalue weighted by Crippen LogP contribution is -2.45. The third-order valence-electron chi connectivity index (χ3n) is 12.3. The Morgan fingerprint density at radius 1 is 0.383 bits per heavy atom. The maximum atomic E-state index is 12.4. The molecular formula is C56H105NO3. The summed E-state index contributed by atoms with van der Waals surface area (Å²) in [4.78, 5) is 12.4. The molecule has 0 aromatic carbocycles. The van der Waals surface area contributed by atoms with Crippen LogP contribution in [0.4, 0.5) is 0 Å². The fraction of sp³-hybridized carbons (Fsp3) is 0.839. The van der Waals surface area contributed by atoms with Crippen molar-refractivity contribution in [2.24, 2.45) is 0 Å². The molecule has 0 heterocycles. The molecule has 0 aliphatic carbocycles. The fourth-order valence-corrected chi connectivity index (χ4v) is 8.15. The molecule has 4 heteroatoms. The lowest BCUT2D eigenvalue weighted by atomic mass is 10.0. The molecule has 3 N–H and O–H groups in total. The number of aliphatic hydroxyl groups excluding tert-OH is 2. The van der Waals surface area contributed by atoms with Gasteiger partial charge in [0.05, 0.1) is 18.8 Å². The minimum Gasteiger partial charge on any atom is -0.394 e. The van der Waals surface area contributed by atoms with Gasteiger partial charge in [-0.25, -0.2) is 0 Å². The summed E-state index contributed by atoms with van der Waals surface area (Å²) in [5.74, 6) is -0.0750. The van der Waals surface area contributed by atoms with Crippen LogP contribution < -0.4 is 5.32 Å².